The molecule has 6 heteroatoms. The molecule has 0 aliphatic heterocycles. The summed E-state index contributed by atoms with van der Waals surface area (Å²) in [5.41, 5.74) is 0. The van der Waals surface area contributed by atoms with Gasteiger partial charge in [0.05, 0.1) is 4.90 Å². The van der Waals surface area contributed by atoms with Gasteiger partial charge in [0.2, 0.25) is 9.84 Å². The van der Waals surface area contributed by atoms with Gasteiger partial charge in [-0.3, -0.25) is 10.1 Å². The zero-order valence-electron chi connectivity index (χ0n) is 8.16. The van der Waals surface area contributed by atoms with Gasteiger partial charge in [-0.2, -0.15) is 0 Å². The normalized spacial score (nSPS) is 13.4. The molecule has 5 nitrogen and oxygen atoms in total. The van der Waals surface area contributed by atoms with E-state index in [2.05, 4.69) is 0 Å². The van der Waals surface area contributed by atoms with Crippen LogP contribution in [0.3, 0.4) is 0 Å². The highest BCUT2D eigenvalue weighted by atomic mass is 32.2. The molecule has 0 saturated carbocycles. The molecule has 1 atom stereocenters. The largest absolute Gasteiger partial charge is 0.314 e. The van der Waals surface area contributed by atoms with Crippen LogP contribution in [-0.4, -0.2) is 18.7 Å². The highest BCUT2D eigenvalue weighted by Crippen LogP contribution is 2.18. The monoisotopic (exact) mass is 229 g/mol. The minimum Gasteiger partial charge on any atom is -0.263 e. The minimum atomic E-state index is -3.85. The van der Waals surface area contributed by atoms with Crippen molar-refractivity contribution in [3.63, 3.8) is 0 Å². The lowest BCUT2D eigenvalue weighted by atomic mass is 10.4. The third-order valence-electron chi connectivity index (χ3n) is 2.01. The Morgan fingerprint density at radius 2 is 1.87 bits per heavy atom. The number of sulfone groups is 1. The van der Waals surface area contributed by atoms with Gasteiger partial charge in [0.15, 0.2) is 0 Å². The predicted molar refractivity (Wildman–Crippen MR) is 54.7 cm³/mol. The molecule has 0 spiro atoms. The summed E-state index contributed by atoms with van der Waals surface area (Å²) in [6.45, 7) is 1.48. The fraction of sp³-hybridized carbons (Fsp3) is 0.333. The van der Waals surface area contributed by atoms with Crippen molar-refractivity contribution < 1.29 is 13.3 Å². The van der Waals surface area contributed by atoms with Gasteiger partial charge in [0, 0.05) is 11.3 Å². The molecular weight excluding hydrogens is 218 g/mol. The van der Waals surface area contributed by atoms with Gasteiger partial charge in [0.25, 0.3) is 0 Å². The lowest BCUT2D eigenvalue weighted by Crippen LogP contribution is -2.28. The second kappa shape index (κ2) is 4.39. The highest BCUT2D eigenvalue weighted by molar-refractivity contribution is 7.91. The topological polar surface area (TPSA) is 77.3 Å². The maximum Gasteiger partial charge on any atom is 0.314 e. The molecule has 0 bridgehead atoms. The number of nitro groups is 1. The number of hydrogen-bond donors (Lipinski definition) is 0. The molecular formula is C9H11NO4S. The first-order chi connectivity index (χ1) is 7.00. The van der Waals surface area contributed by atoms with Crippen molar-refractivity contribution in [3.05, 3.63) is 40.4 Å². The maximum atomic E-state index is 11.8. The molecule has 0 aromatic heterocycles. The summed E-state index contributed by atoms with van der Waals surface area (Å²) in [5.74, 6) is 0. The number of hydrogen-bond acceptors (Lipinski definition) is 4. The van der Waals surface area contributed by atoms with Gasteiger partial charge >= 0.3 is 5.37 Å². The SMILES string of the molecule is CC[C@@H]([N+](=O)[O-])S(=O)(=O)c1ccccc1. The van der Waals surface area contributed by atoms with E-state index in [1.54, 1.807) is 18.2 Å². The Hall–Kier alpha value is -1.43. The van der Waals surface area contributed by atoms with E-state index in [9.17, 15) is 18.5 Å². The lowest BCUT2D eigenvalue weighted by Gasteiger charge is -2.08. The average Bonchev–Trinajstić information content (AvgIpc) is 2.19. The van der Waals surface area contributed by atoms with Crippen LogP contribution in [0.4, 0.5) is 0 Å². The van der Waals surface area contributed by atoms with Crippen LogP contribution in [0.15, 0.2) is 35.2 Å². The smallest absolute Gasteiger partial charge is 0.263 e. The second-order valence-corrected chi connectivity index (χ2v) is 5.11. The summed E-state index contributed by atoms with van der Waals surface area (Å²) < 4.78 is 23.5. The summed E-state index contributed by atoms with van der Waals surface area (Å²) >= 11 is 0. The first-order valence-electron chi connectivity index (χ1n) is 4.42. The van der Waals surface area contributed by atoms with Crippen molar-refractivity contribution in [2.75, 3.05) is 0 Å². The molecule has 0 N–H and O–H groups in total. The minimum absolute atomic E-state index is 0.00597. The molecule has 0 heterocycles. The van der Waals surface area contributed by atoms with Gasteiger partial charge in [-0.15, -0.1) is 0 Å². The van der Waals surface area contributed by atoms with E-state index >= 15 is 0 Å². The molecule has 15 heavy (non-hydrogen) atoms. The molecule has 0 saturated heterocycles. The molecule has 0 aliphatic rings. The Labute approximate surface area is 87.8 Å². The fourth-order valence-corrected chi connectivity index (χ4v) is 2.77. The molecule has 1 aromatic carbocycles. The van der Waals surface area contributed by atoms with Crippen molar-refractivity contribution in [2.24, 2.45) is 0 Å². The third kappa shape index (κ3) is 2.33. The average molecular weight is 229 g/mol. The van der Waals surface area contributed by atoms with Crippen molar-refractivity contribution in [3.8, 4) is 0 Å². The standard InChI is InChI=1S/C9H11NO4S/c1-2-9(10(11)12)15(13,14)8-6-4-3-5-7-8/h3-7,9H,2H2,1H3/t9-/m0/s1. The summed E-state index contributed by atoms with van der Waals surface area (Å²) in [7, 11) is -3.85. The number of rotatable bonds is 4. The van der Waals surface area contributed by atoms with E-state index in [-0.39, 0.29) is 11.3 Å². The van der Waals surface area contributed by atoms with Crippen LogP contribution < -0.4 is 0 Å². The van der Waals surface area contributed by atoms with Crippen molar-refractivity contribution in [1.82, 2.24) is 0 Å². The molecule has 0 unspecified atom stereocenters. The Morgan fingerprint density at radius 1 is 1.33 bits per heavy atom. The van der Waals surface area contributed by atoms with Crippen molar-refractivity contribution >= 4 is 9.84 Å². The summed E-state index contributed by atoms with van der Waals surface area (Å²) in [4.78, 5) is 9.81. The van der Waals surface area contributed by atoms with Gasteiger partial charge in [-0.1, -0.05) is 25.1 Å². The Kier molecular flexibility index (Phi) is 3.41. The van der Waals surface area contributed by atoms with Crippen LogP contribution in [0.5, 0.6) is 0 Å². The first kappa shape index (κ1) is 11.6. The molecule has 82 valence electrons. The van der Waals surface area contributed by atoms with E-state index < -0.39 is 20.1 Å². The predicted octanol–water partition coefficient (Wildman–Crippen LogP) is 1.47. The van der Waals surface area contributed by atoms with Gasteiger partial charge in [-0.05, 0) is 12.1 Å². The van der Waals surface area contributed by atoms with E-state index in [4.69, 9.17) is 0 Å². The Morgan fingerprint density at radius 3 is 2.27 bits per heavy atom. The van der Waals surface area contributed by atoms with Crippen LogP contribution in [0.1, 0.15) is 13.3 Å². The molecule has 0 amide bonds. The second-order valence-electron chi connectivity index (χ2n) is 3.01. The van der Waals surface area contributed by atoms with Gasteiger partial charge in [-0.25, -0.2) is 8.42 Å². The van der Waals surface area contributed by atoms with Gasteiger partial charge < -0.3 is 0 Å². The number of benzene rings is 1. The van der Waals surface area contributed by atoms with Crippen LogP contribution >= 0.6 is 0 Å². The van der Waals surface area contributed by atoms with Gasteiger partial charge in [0.1, 0.15) is 0 Å². The molecule has 0 fully saturated rings. The quantitative estimate of drug-likeness (QED) is 0.578. The lowest BCUT2D eigenvalue weighted by molar-refractivity contribution is -0.497. The van der Waals surface area contributed by atoms with E-state index in [0.29, 0.717) is 0 Å². The third-order valence-corrected chi connectivity index (χ3v) is 4.17. The summed E-state index contributed by atoms with van der Waals surface area (Å²) in [6, 6.07) is 7.47. The Balaban J connectivity index is 3.19. The van der Waals surface area contributed by atoms with E-state index in [0.717, 1.165) is 0 Å². The highest BCUT2D eigenvalue weighted by Gasteiger charge is 2.35. The molecule has 0 aliphatic carbocycles. The molecule has 1 rings (SSSR count). The zero-order valence-corrected chi connectivity index (χ0v) is 8.98. The number of nitrogens with zero attached hydrogens (tertiary/aromatic N) is 1. The van der Waals surface area contributed by atoms with E-state index in [1.165, 1.54) is 19.1 Å². The van der Waals surface area contributed by atoms with Crippen LogP contribution in [0.2, 0.25) is 0 Å². The summed E-state index contributed by atoms with van der Waals surface area (Å²) in [6.07, 6.45) is -0.0375. The van der Waals surface area contributed by atoms with Crippen LogP contribution in [0, 0.1) is 10.1 Å². The van der Waals surface area contributed by atoms with Crippen molar-refractivity contribution in [2.45, 2.75) is 23.6 Å². The van der Waals surface area contributed by atoms with Crippen LogP contribution in [-0.2, 0) is 9.84 Å². The fourth-order valence-electron chi connectivity index (χ4n) is 1.25. The van der Waals surface area contributed by atoms with E-state index in [1.807, 2.05) is 0 Å². The molecule has 1 aromatic rings. The maximum absolute atomic E-state index is 11.8. The zero-order chi connectivity index (χ0) is 11.5. The van der Waals surface area contributed by atoms with Crippen molar-refractivity contribution in [1.29, 1.82) is 0 Å². The summed E-state index contributed by atoms with van der Waals surface area (Å²) in [5, 5.41) is 9.02. The first-order valence-corrected chi connectivity index (χ1v) is 5.97. The Bertz CT molecular complexity index is 440. The molecule has 0 radical (unpaired) electrons. The van der Waals surface area contributed by atoms with Crippen LogP contribution in [0.25, 0.3) is 0 Å².